The molecule has 1 atom stereocenters. The summed E-state index contributed by atoms with van der Waals surface area (Å²) in [4.78, 5) is 7.59. The van der Waals surface area contributed by atoms with Gasteiger partial charge in [0.25, 0.3) is 0 Å². The van der Waals surface area contributed by atoms with Crippen molar-refractivity contribution in [3.8, 4) is 5.75 Å². The highest BCUT2D eigenvalue weighted by atomic mass is 16.5. The third kappa shape index (κ3) is 1.87. The molecule has 0 bridgehead atoms. The lowest BCUT2D eigenvalue weighted by Gasteiger charge is -2.08. The van der Waals surface area contributed by atoms with Gasteiger partial charge in [-0.2, -0.15) is 0 Å². The van der Waals surface area contributed by atoms with E-state index in [0.717, 1.165) is 22.6 Å². The molecular weight excluding hydrogens is 206 g/mol. The number of rotatable bonds is 4. The fourth-order valence-electron chi connectivity index (χ4n) is 1.61. The van der Waals surface area contributed by atoms with Crippen LogP contribution >= 0.6 is 0 Å². The average Bonchev–Trinajstić information content (AvgIpc) is 2.72. The van der Waals surface area contributed by atoms with Gasteiger partial charge < -0.3 is 20.2 Å². The molecule has 0 amide bonds. The summed E-state index contributed by atoms with van der Waals surface area (Å²) in [7, 11) is 3.25. The number of nitrogens with one attached hydrogen (secondary N) is 1. The van der Waals surface area contributed by atoms with E-state index in [4.69, 9.17) is 15.2 Å². The van der Waals surface area contributed by atoms with Crippen molar-refractivity contribution >= 4 is 11.0 Å². The maximum Gasteiger partial charge on any atom is 0.137 e. The molecule has 5 heteroatoms. The number of methoxy groups -OCH3 is 2. The van der Waals surface area contributed by atoms with E-state index in [2.05, 4.69) is 9.97 Å². The first kappa shape index (κ1) is 10.9. The van der Waals surface area contributed by atoms with E-state index in [1.54, 1.807) is 14.2 Å². The summed E-state index contributed by atoms with van der Waals surface area (Å²) in [5.41, 5.74) is 7.39. The predicted octanol–water partition coefficient (Wildman–Crippen LogP) is 1.22. The van der Waals surface area contributed by atoms with E-state index in [-0.39, 0.29) is 6.10 Å². The van der Waals surface area contributed by atoms with E-state index in [0.29, 0.717) is 6.54 Å². The van der Waals surface area contributed by atoms with Crippen LogP contribution in [0.15, 0.2) is 18.2 Å². The maximum atomic E-state index is 5.58. The van der Waals surface area contributed by atoms with Gasteiger partial charge in [0.05, 0.1) is 18.1 Å². The zero-order valence-corrected chi connectivity index (χ0v) is 9.36. The number of fused-ring (bicyclic) bond motifs is 1. The summed E-state index contributed by atoms with van der Waals surface area (Å²) in [6.45, 7) is 0.396. The molecule has 1 unspecified atom stereocenters. The summed E-state index contributed by atoms with van der Waals surface area (Å²) >= 11 is 0. The van der Waals surface area contributed by atoms with Crippen molar-refractivity contribution in [1.82, 2.24) is 9.97 Å². The Labute approximate surface area is 93.6 Å². The third-order valence-corrected chi connectivity index (χ3v) is 2.51. The number of imidazole rings is 1. The van der Waals surface area contributed by atoms with Gasteiger partial charge in [-0.3, -0.25) is 0 Å². The molecule has 0 aliphatic heterocycles. The lowest BCUT2D eigenvalue weighted by molar-refractivity contribution is 0.104. The van der Waals surface area contributed by atoms with E-state index in [1.165, 1.54) is 0 Å². The number of hydrogen-bond donors (Lipinski definition) is 2. The maximum absolute atomic E-state index is 5.58. The van der Waals surface area contributed by atoms with Crippen molar-refractivity contribution in [2.75, 3.05) is 20.8 Å². The fraction of sp³-hybridized carbons (Fsp3) is 0.364. The molecule has 1 heterocycles. The van der Waals surface area contributed by atoms with Crippen LogP contribution in [0.4, 0.5) is 0 Å². The SMILES string of the molecule is COc1ccc2nc(C(CN)OC)[nH]c2c1. The Hall–Kier alpha value is -1.59. The number of aromatic nitrogens is 2. The minimum absolute atomic E-state index is 0.196. The molecule has 0 aliphatic carbocycles. The van der Waals surface area contributed by atoms with E-state index >= 15 is 0 Å². The predicted molar refractivity (Wildman–Crippen MR) is 61.5 cm³/mol. The molecule has 2 aromatic rings. The van der Waals surface area contributed by atoms with Crippen LogP contribution in [0, 0.1) is 0 Å². The largest absolute Gasteiger partial charge is 0.497 e. The molecule has 0 radical (unpaired) electrons. The fourth-order valence-corrected chi connectivity index (χ4v) is 1.61. The molecule has 0 saturated heterocycles. The summed E-state index contributed by atoms with van der Waals surface area (Å²) in [6, 6.07) is 5.67. The van der Waals surface area contributed by atoms with Crippen molar-refractivity contribution < 1.29 is 9.47 Å². The number of nitrogens with zero attached hydrogens (tertiary/aromatic N) is 1. The number of H-pyrrole nitrogens is 1. The van der Waals surface area contributed by atoms with Gasteiger partial charge in [-0.05, 0) is 12.1 Å². The number of hydrogen-bond acceptors (Lipinski definition) is 4. The Morgan fingerprint density at radius 3 is 2.88 bits per heavy atom. The summed E-state index contributed by atoms with van der Waals surface area (Å²) in [5, 5.41) is 0. The number of ether oxygens (including phenoxy) is 2. The summed E-state index contributed by atoms with van der Waals surface area (Å²) in [6.07, 6.45) is -0.196. The van der Waals surface area contributed by atoms with Crippen LogP contribution < -0.4 is 10.5 Å². The van der Waals surface area contributed by atoms with Gasteiger partial charge in [0, 0.05) is 19.7 Å². The monoisotopic (exact) mass is 221 g/mol. The Morgan fingerprint density at radius 2 is 2.25 bits per heavy atom. The molecule has 0 fully saturated rings. The molecule has 3 N–H and O–H groups in total. The molecule has 0 saturated carbocycles. The Morgan fingerprint density at radius 1 is 1.44 bits per heavy atom. The van der Waals surface area contributed by atoms with E-state index in [9.17, 15) is 0 Å². The van der Waals surface area contributed by atoms with E-state index in [1.807, 2.05) is 18.2 Å². The van der Waals surface area contributed by atoms with Crippen molar-refractivity contribution in [3.05, 3.63) is 24.0 Å². The zero-order valence-electron chi connectivity index (χ0n) is 9.36. The minimum atomic E-state index is -0.196. The van der Waals surface area contributed by atoms with Crippen LogP contribution in [0.3, 0.4) is 0 Å². The van der Waals surface area contributed by atoms with Crippen LogP contribution in [-0.4, -0.2) is 30.7 Å². The zero-order chi connectivity index (χ0) is 11.5. The lowest BCUT2D eigenvalue weighted by Crippen LogP contribution is -2.15. The van der Waals surface area contributed by atoms with Gasteiger partial charge in [-0.15, -0.1) is 0 Å². The molecule has 86 valence electrons. The first-order valence-electron chi connectivity index (χ1n) is 5.05. The minimum Gasteiger partial charge on any atom is -0.497 e. The molecule has 5 nitrogen and oxygen atoms in total. The number of benzene rings is 1. The van der Waals surface area contributed by atoms with Gasteiger partial charge in [-0.1, -0.05) is 0 Å². The highest BCUT2D eigenvalue weighted by Crippen LogP contribution is 2.21. The van der Waals surface area contributed by atoms with Gasteiger partial charge in [0.15, 0.2) is 0 Å². The highest BCUT2D eigenvalue weighted by Gasteiger charge is 2.13. The average molecular weight is 221 g/mol. The smallest absolute Gasteiger partial charge is 0.137 e. The molecule has 2 rings (SSSR count). The molecule has 0 aliphatic rings. The van der Waals surface area contributed by atoms with Crippen molar-refractivity contribution in [3.63, 3.8) is 0 Å². The van der Waals surface area contributed by atoms with Crippen molar-refractivity contribution in [2.24, 2.45) is 5.73 Å². The quantitative estimate of drug-likeness (QED) is 0.814. The van der Waals surface area contributed by atoms with Crippen molar-refractivity contribution in [1.29, 1.82) is 0 Å². The summed E-state index contributed by atoms with van der Waals surface area (Å²) in [5.74, 6) is 1.54. The van der Waals surface area contributed by atoms with Crippen LogP contribution in [0.1, 0.15) is 11.9 Å². The van der Waals surface area contributed by atoms with Crippen LogP contribution in [0.25, 0.3) is 11.0 Å². The molecule has 0 spiro atoms. The second-order valence-corrected chi connectivity index (χ2v) is 3.47. The molecule has 16 heavy (non-hydrogen) atoms. The van der Waals surface area contributed by atoms with Crippen LogP contribution in [-0.2, 0) is 4.74 Å². The normalized spacial score (nSPS) is 12.9. The Balaban J connectivity index is 2.43. The standard InChI is InChI=1S/C11H15N3O2/c1-15-7-3-4-8-9(5-7)14-11(13-8)10(6-12)16-2/h3-5,10H,6,12H2,1-2H3,(H,13,14). The van der Waals surface area contributed by atoms with Gasteiger partial charge in [0.2, 0.25) is 0 Å². The number of aromatic amines is 1. The molecule has 1 aromatic heterocycles. The lowest BCUT2D eigenvalue weighted by atomic mass is 10.3. The van der Waals surface area contributed by atoms with Gasteiger partial charge in [0.1, 0.15) is 17.7 Å². The van der Waals surface area contributed by atoms with Crippen LogP contribution in [0.5, 0.6) is 5.75 Å². The van der Waals surface area contributed by atoms with Crippen molar-refractivity contribution in [2.45, 2.75) is 6.10 Å². The molecule has 1 aromatic carbocycles. The second-order valence-electron chi connectivity index (χ2n) is 3.47. The van der Waals surface area contributed by atoms with Gasteiger partial charge >= 0.3 is 0 Å². The topological polar surface area (TPSA) is 73.2 Å². The first-order valence-corrected chi connectivity index (χ1v) is 5.05. The first-order chi connectivity index (χ1) is 7.78. The number of nitrogens with two attached hydrogens (primary N) is 1. The third-order valence-electron chi connectivity index (χ3n) is 2.51. The van der Waals surface area contributed by atoms with Gasteiger partial charge in [-0.25, -0.2) is 4.98 Å². The second kappa shape index (κ2) is 4.51. The Kier molecular flexibility index (Phi) is 3.07. The molecular formula is C11H15N3O2. The highest BCUT2D eigenvalue weighted by molar-refractivity contribution is 5.76. The van der Waals surface area contributed by atoms with Crippen LogP contribution in [0.2, 0.25) is 0 Å². The van der Waals surface area contributed by atoms with E-state index < -0.39 is 0 Å². The Bertz CT molecular complexity index is 477. The summed E-state index contributed by atoms with van der Waals surface area (Å²) < 4.78 is 10.4.